The Balaban J connectivity index is 2.86. The maximum Gasteiger partial charge on any atom is 0.164 e. The summed E-state index contributed by atoms with van der Waals surface area (Å²) in [6.07, 6.45) is 0. The molecule has 0 atom stereocenters. The highest BCUT2D eigenvalue weighted by molar-refractivity contribution is 5.74. The lowest BCUT2D eigenvalue weighted by Gasteiger charge is -2.09. The Bertz CT molecular complexity index is 511. The zero-order chi connectivity index (χ0) is 11.2. The zero-order valence-corrected chi connectivity index (χ0v) is 9.87. The summed E-state index contributed by atoms with van der Waals surface area (Å²) in [6, 6.07) is 0.378. The van der Waals surface area contributed by atoms with E-state index in [1.165, 1.54) is 0 Å². The fourth-order valence-electron chi connectivity index (χ4n) is 1.97. The minimum absolute atomic E-state index is 0.378. The van der Waals surface area contributed by atoms with Gasteiger partial charge in [0.2, 0.25) is 0 Å². The van der Waals surface area contributed by atoms with Gasteiger partial charge in [-0.05, 0) is 34.6 Å². The molecule has 2 aromatic rings. The summed E-state index contributed by atoms with van der Waals surface area (Å²) < 4.78 is 2.15. The minimum Gasteiger partial charge on any atom is -0.310 e. The molecular weight excluding hydrogens is 188 g/mol. The second-order valence-electron chi connectivity index (χ2n) is 4.15. The Kier molecular flexibility index (Phi) is 2.21. The van der Waals surface area contributed by atoms with E-state index in [1.54, 1.807) is 0 Å². The molecule has 2 rings (SSSR count). The van der Waals surface area contributed by atoms with Crippen molar-refractivity contribution in [3.63, 3.8) is 0 Å². The van der Waals surface area contributed by atoms with Crippen LogP contribution in [0.3, 0.4) is 0 Å². The van der Waals surface area contributed by atoms with Gasteiger partial charge in [-0.3, -0.25) is 0 Å². The first-order valence-electron chi connectivity index (χ1n) is 5.20. The highest BCUT2D eigenvalue weighted by atomic mass is 15.2. The summed E-state index contributed by atoms with van der Waals surface area (Å²) in [7, 11) is 0. The van der Waals surface area contributed by atoms with Crippen molar-refractivity contribution in [1.82, 2.24) is 19.5 Å². The van der Waals surface area contributed by atoms with Crippen molar-refractivity contribution >= 4 is 11.2 Å². The van der Waals surface area contributed by atoms with Crippen molar-refractivity contribution in [3.8, 4) is 0 Å². The van der Waals surface area contributed by atoms with Gasteiger partial charge in [0.1, 0.15) is 17.2 Å². The second-order valence-corrected chi connectivity index (χ2v) is 4.15. The maximum atomic E-state index is 4.51. The van der Waals surface area contributed by atoms with Crippen LogP contribution < -0.4 is 0 Å². The van der Waals surface area contributed by atoms with Crippen LogP contribution in [0.1, 0.15) is 37.2 Å². The molecule has 0 radical (unpaired) electrons. The van der Waals surface area contributed by atoms with Gasteiger partial charge >= 0.3 is 0 Å². The van der Waals surface area contributed by atoms with Crippen molar-refractivity contribution in [2.75, 3.05) is 0 Å². The third kappa shape index (κ3) is 1.50. The van der Waals surface area contributed by atoms with Gasteiger partial charge in [-0.2, -0.15) is 0 Å². The Morgan fingerprint density at radius 2 is 1.67 bits per heavy atom. The summed E-state index contributed by atoms with van der Waals surface area (Å²) in [5.41, 5.74) is 2.83. The van der Waals surface area contributed by atoms with E-state index < -0.39 is 0 Å². The number of hydrogen-bond donors (Lipinski definition) is 0. The maximum absolute atomic E-state index is 4.51. The third-order valence-corrected chi connectivity index (χ3v) is 2.52. The van der Waals surface area contributed by atoms with Crippen LogP contribution in [0, 0.1) is 20.8 Å². The fraction of sp³-hybridized carbons (Fsp3) is 0.545. The van der Waals surface area contributed by atoms with Crippen LogP contribution in [0.2, 0.25) is 0 Å². The molecule has 0 unspecified atom stereocenters. The zero-order valence-electron chi connectivity index (χ0n) is 9.87. The molecule has 2 heterocycles. The second kappa shape index (κ2) is 3.29. The Labute approximate surface area is 89.4 Å². The molecule has 4 nitrogen and oxygen atoms in total. The molecule has 0 spiro atoms. The van der Waals surface area contributed by atoms with E-state index in [2.05, 4.69) is 33.4 Å². The Hall–Kier alpha value is -1.45. The predicted octanol–water partition coefficient (Wildman–Crippen LogP) is 2.33. The monoisotopic (exact) mass is 204 g/mol. The molecule has 0 bridgehead atoms. The number of aromatic nitrogens is 4. The van der Waals surface area contributed by atoms with Crippen LogP contribution in [-0.4, -0.2) is 19.5 Å². The van der Waals surface area contributed by atoms with Crippen LogP contribution in [-0.2, 0) is 0 Å². The summed E-state index contributed by atoms with van der Waals surface area (Å²) >= 11 is 0. The number of imidazole rings is 1. The summed E-state index contributed by atoms with van der Waals surface area (Å²) in [4.78, 5) is 13.3. The number of nitrogens with zero attached hydrogens (tertiary/aromatic N) is 4. The van der Waals surface area contributed by atoms with E-state index in [0.717, 1.165) is 28.5 Å². The standard InChI is InChI=1S/C11H16N4/c1-6(2)15-9(5)14-10-7(3)12-8(4)13-11(10)15/h6H,1-5H3. The van der Waals surface area contributed by atoms with E-state index in [0.29, 0.717) is 6.04 Å². The number of rotatable bonds is 1. The lowest BCUT2D eigenvalue weighted by molar-refractivity contribution is 0.595. The van der Waals surface area contributed by atoms with Gasteiger partial charge in [0.05, 0.1) is 5.69 Å². The third-order valence-electron chi connectivity index (χ3n) is 2.52. The summed E-state index contributed by atoms with van der Waals surface area (Å²) in [6.45, 7) is 10.2. The Morgan fingerprint density at radius 3 is 2.27 bits per heavy atom. The molecule has 0 N–H and O–H groups in total. The first-order chi connectivity index (χ1) is 7.00. The molecule has 0 saturated heterocycles. The van der Waals surface area contributed by atoms with Crippen molar-refractivity contribution < 1.29 is 0 Å². The van der Waals surface area contributed by atoms with E-state index in [9.17, 15) is 0 Å². The molecule has 0 amide bonds. The molecule has 4 heteroatoms. The normalized spacial score (nSPS) is 11.6. The summed E-state index contributed by atoms with van der Waals surface area (Å²) in [5, 5.41) is 0. The molecule has 0 saturated carbocycles. The molecular formula is C11H16N4. The minimum atomic E-state index is 0.378. The SMILES string of the molecule is Cc1nc(C)c2nc(C)n(C(C)C)c2n1. The lowest BCUT2D eigenvalue weighted by Crippen LogP contribution is -2.04. The molecule has 0 fully saturated rings. The first-order valence-corrected chi connectivity index (χ1v) is 5.20. The van der Waals surface area contributed by atoms with Gasteiger partial charge in [0.15, 0.2) is 5.65 Å². The average molecular weight is 204 g/mol. The number of aryl methyl sites for hydroxylation is 3. The van der Waals surface area contributed by atoms with Gasteiger partial charge in [-0.15, -0.1) is 0 Å². The number of fused-ring (bicyclic) bond motifs is 1. The van der Waals surface area contributed by atoms with Crippen molar-refractivity contribution in [2.24, 2.45) is 0 Å². The molecule has 80 valence electrons. The quantitative estimate of drug-likeness (QED) is 0.716. The molecule has 0 aliphatic rings. The van der Waals surface area contributed by atoms with E-state index in [4.69, 9.17) is 0 Å². The van der Waals surface area contributed by atoms with Crippen LogP contribution >= 0.6 is 0 Å². The van der Waals surface area contributed by atoms with Gasteiger partial charge in [-0.1, -0.05) is 0 Å². The van der Waals surface area contributed by atoms with Crippen LogP contribution in [0.4, 0.5) is 0 Å². The predicted molar refractivity (Wildman–Crippen MR) is 59.9 cm³/mol. The van der Waals surface area contributed by atoms with Gasteiger partial charge in [-0.25, -0.2) is 15.0 Å². The molecule has 0 aromatic carbocycles. The lowest BCUT2D eigenvalue weighted by atomic mass is 10.3. The Morgan fingerprint density at radius 1 is 1.00 bits per heavy atom. The van der Waals surface area contributed by atoms with E-state index in [-0.39, 0.29) is 0 Å². The van der Waals surface area contributed by atoms with Gasteiger partial charge in [0.25, 0.3) is 0 Å². The number of hydrogen-bond acceptors (Lipinski definition) is 3. The van der Waals surface area contributed by atoms with Crippen molar-refractivity contribution in [2.45, 2.75) is 40.7 Å². The molecule has 0 aliphatic heterocycles. The highest BCUT2D eigenvalue weighted by Crippen LogP contribution is 2.20. The van der Waals surface area contributed by atoms with Gasteiger partial charge < -0.3 is 4.57 Å². The largest absolute Gasteiger partial charge is 0.310 e. The molecule has 0 aliphatic carbocycles. The van der Waals surface area contributed by atoms with E-state index in [1.807, 2.05) is 20.8 Å². The van der Waals surface area contributed by atoms with E-state index >= 15 is 0 Å². The first kappa shape index (κ1) is 10.1. The van der Waals surface area contributed by atoms with Gasteiger partial charge in [0, 0.05) is 6.04 Å². The van der Waals surface area contributed by atoms with Crippen molar-refractivity contribution in [3.05, 3.63) is 17.3 Å². The van der Waals surface area contributed by atoms with Crippen LogP contribution in [0.15, 0.2) is 0 Å². The topological polar surface area (TPSA) is 43.6 Å². The average Bonchev–Trinajstić information content (AvgIpc) is 2.41. The van der Waals surface area contributed by atoms with Crippen molar-refractivity contribution in [1.29, 1.82) is 0 Å². The molecule has 2 aromatic heterocycles. The van der Waals surface area contributed by atoms with Crippen LogP contribution in [0.5, 0.6) is 0 Å². The smallest absolute Gasteiger partial charge is 0.164 e. The highest BCUT2D eigenvalue weighted by Gasteiger charge is 2.14. The molecule has 15 heavy (non-hydrogen) atoms. The summed E-state index contributed by atoms with van der Waals surface area (Å²) in [5.74, 6) is 1.81. The fourth-order valence-corrected chi connectivity index (χ4v) is 1.97. The van der Waals surface area contributed by atoms with Crippen LogP contribution in [0.25, 0.3) is 11.2 Å².